The smallest absolute Gasteiger partial charge is 0.246 e. The van der Waals surface area contributed by atoms with E-state index < -0.39 is 15.8 Å². The number of rotatable bonds is 5. The molecule has 1 heterocycles. The Balaban J connectivity index is 1.58. The Morgan fingerprint density at radius 3 is 2.10 bits per heavy atom. The van der Waals surface area contributed by atoms with Crippen LogP contribution in [-0.4, -0.2) is 43.8 Å². The van der Waals surface area contributed by atoms with E-state index in [0.717, 1.165) is 11.1 Å². The van der Waals surface area contributed by atoms with E-state index in [9.17, 15) is 12.8 Å². The Kier molecular flexibility index (Phi) is 6.44. The SMILES string of the molecule is Cc1ccc(C(c2ccccc2)N2CCN(S(=O)(=O)c3cccc(Cl)c3F)CC2)cc1. The first-order valence-corrected chi connectivity index (χ1v) is 12.0. The van der Waals surface area contributed by atoms with Gasteiger partial charge in [-0.05, 0) is 30.2 Å². The van der Waals surface area contributed by atoms with Crippen LogP contribution in [0.3, 0.4) is 0 Å². The zero-order chi connectivity index (χ0) is 22.0. The Morgan fingerprint density at radius 1 is 0.839 bits per heavy atom. The van der Waals surface area contributed by atoms with Gasteiger partial charge >= 0.3 is 0 Å². The lowest BCUT2D eigenvalue weighted by atomic mass is 9.96. The average Bonchev–Trinajstić information content (AvgIpc) is 2.78. The van der Waals surface area contributed by atoms with Gasteiger partial charge in [0.15, 0.2) is 5.82 Å². The van der Waals surface area contributed by atoms with Crippen molar-refractivity contribution >= 4 is 21.6 Å². The molecule has 31 heavy (non-hydrogen) atoms. The van der Waals surface area contributed by atoms with Gasteiger partial charge in [0.2, 0.25) is 10.0 Å². The summed E-state index contributed by atoms with van der Waals surface area (Å²) >= 11 is 5.80. The lowest BCUT2D eigenvalue weighted by Gasteiger charge is -2.39. The predicted molar refractivity (Wildman–Crippen MR) is 121 cm³/mol. The molecular formula is C24H24ClFN2O2S. The summed E-state index contributed by atoms with van der Waals surface area (Å²) in [6.45, 7) is 3.69. The number of piperazine rings is 1. The highest BCUT2D eigenvalue weighted by atomic mass is 35.5. The van der Waals surface area contributed by atoms with E-state index in [4.69, 9.17) is 11.6 Å². The van der Waals surface area contributed by atoms with Crippen LogP contribution in [0.2, 0.25) is 5.02 Å². The van der Waals surface area contributed by atoms with Crippen molar-refractivity contribution in [2.24, 2.45) is 0 Å². The number of sulfonamides is 1. The molecule has 0 aliphatic carbocycles. The molecule has 0 bridgehead atoms. The summed E-state index contributed by atoms with van der Waals surface area (Å²) in [5.74, 6) is -0.895. The molecule has 1 aliphatic heterocycles. The second kappa shape index (κ2) is 9.09. The van der Waals surface area contributed by atoms with Gasteiger partial charge in [0, 0.05) is 26.2 Å². The molecule has 1 saturated heterocycles. The fourth-order valence-corrected chi connectivity index (χ4v) is 5.76. The Morgan fingerprint density at radius 2 is 1.45 bits per heavy atom. The Labute approximate surface area is 187 Å². The molecule has 1 atom stereocenters. The molecular weight excluding hydrogens is 435 g/mol. The minimum atomic E-state index is -3.95. The molecule has 7 heteroatoms. The van der Waals surface area contributed by atoms with Crippen molar-refractivity contribution in [2.75, 3.05) is 26.2 Å². The normalized spacial score (nSPS) is 16.9. The van der Waals surface area contributed by atoms with E-state index in [-0.39, 0.29) is 29.0 Å². The van der Waals surface area contributed by atoms with Crippen LogP contribution in [0.25, 0.3) is 0 Å². The monoisotopic (exact) mass is 458 g/mol. The molecule has 0 saturated carbocycles. The van der Waals surface area contributed by atoms with E-state index in [0.29, 0.717) is 13.1 Å². The van der Waals surface area contributed by atoms with Crippen molar-refractivity contribution in [3.63, 3.8) is 0 Å². The summed E-state index contributed by atoms with van der Waals surface area (Å²) < 4.78 is 41.8. The van der Waals surface area contributed by atoms with Crippen LogP contribution in [0.5, 0.6) is 0 Å². The molecule has 4 nitrogen and oxygen atoms in total. The highest BCUT2D eigenvalue weighted by Gasteiger charge is 2.34. The van der Waals surface area contributed by atoms with Crippen LogP contribution in [0.1, 0.15) is 22.7 Å². The quantitative estimate of drug-likeness (QED) is 0.547. The molecule has 1 fully saturated rings. The summed E-state index contributed by atoms with van der Waals surface area (Å²) in [4.78, 5) is 1.91. The lowest BCUT2D eigenvalue weighted by molar-refractivity contribution is 0.155. The summed E-state index contributed by atoms with van der Waals surface area (Å²) in [6, 6.07) is 22.7. The molecule has 0 aromatic heterocycles. The van der Waals surface area contributed by atoms with E-state index in [1.54, 1.807) is 0 Å². The van der Waals surface area contributed by atoms with E-state index in [2.05, 4.69) is 48.2 Å². The number of benzene rings is 3. The summed E-state index contributed by atoms with van der Waals surface area (Å²) in [7, 11) is -3.95. The molecule has 0 N–H and O–H groups in total. The topological polar surface area (TPSA) is 40.6 Å². The zero-order valence-electron chi connectivity index (χ0n) is 17.2. The van der Waals surface area contributed by atoms with Crippen molar-refractivity contribution in [2.45, 2.75) is 17.9 Å². The van der Waals surface area contributed by atoms with Gasteiger partial charge in [-0.3, -0.25) is 4.90 Å². The number of hydrogen-bond acceptors (Lipinski definition) is 3. The van der Waals surface area contributed by atoms with Crippen LogP contribution < -0.4 is 0 Å². The van der Waals surface area contributed by atoms with Gasteiger partial charge in [-0.2, -0.15) is 4.31 Å². The number of hydrogen-bond donors (Lipinski definition) is 0. The summed E-state index contributed by atoms with van der Waals surface area (Å²) in [6.07, 6.45) is 0. The summed E-state index contributed by atoms with van der Waals surface area (Å²) in [5, 5.41) is -0.191. The third kappa shape index (κ3) is 4.53. The van der Waals surface area contributed by atoms with E-state index >= 15 is 0 Å². The van der Waals surface area contributed by atoms with Gasteiger partial charge in [0.25, 0.3) is 0 Å². The average molecular weight is 459 g/mol. The number of nitrogens with zero attached hydrogens (tertiary/aromatic N) is 2. The molecule has 4 rings (SSSR count). The fraction of sp³-hybridized carbons (Fsp3) is 0.250. The first-order valence-electron chi connectivity index (χ1n) is 10.2. The fourth-order valence-electron chi connectivity index (χ4n) is 4.02. The van der Waals surface area contributed by atoms with Gasteiger partial charge in [-0.15, -0.1) is 0 Å². The van der Waals surface area contributed by atoms with Crippen molar-refractivity contribution in [1.82, 2.24) is 9.21 Å². The highest BCUT2D eigenvalue weighted by Crippen LogP contribution is 2.31. The lowest BCUT2D eigenvalue weighted by Crippen LogP contribution is -2.49. The highest BCUT2D eigenvalue weighted by molar-refractivity contribution is 7.89. The van der Waals surface area contributed by atoms with Crippen molar-refractivity contribution in [1.29, 1.82) is 0 Å². The van der Waals surface area contributed by atoms with Crippen LogP contribution >= 0.6 is 11.6 Å². The van der Waals surface area contributed by atoms with Gasteiger partial charge < -0.3 is 0 Å². The Bertz CT molecular complexity index is 1150. The van der Waals surface area contributed by atoms with Crippen molar-refractivity contribution in [3.8, 4) is 0 Å². The van der Waals surface area contributed by atoms with Crippen LogP contribution in [0, 0.1) is 12.7 Å². The molecule has 162 valence electrons. The molecule has 0 amide bonds. The minimum Gasteiger partial charge on any atom is -0.290 e. The van der Waals surface area contributed by atoms with Crippen molar-refractivity contribution < 1.29 is 12.8 Å². The van der Waals surface area contributed by atoms with E-state index in [1.807, 2.05) is 18.2 Å². The Hall–Kier alpha value is -2.25. The van der Waals surface area contributed by atoms with Gasteiger partial charge in [-0.1, -0.05) is 77.8 Å². The standard InChI is InChI=1S/C24H24ClFN2O2S/c1-18-10-12-20(13-11-18)24(19-6-3-2-4-7-19)27-14-16-28(17-15-27)31(29,30)22-9-5-8-21(25)23(22)26/h2-13,24H,14-17H2,1H3. The number of halogens is 2. The molecule has 3 aromatic carbocycles. The third-order valence-corrected chi connectivity index (χ3v) is 7.89. The maximum absolute atomic E-state index is 14.4. The minimum absolute atomic E-state index is 0.0227. The second-order valence-electron chi connectivity index (χ2n) is 7.72. The van der Waals surface area contributed by atoms with Gasteiger partial charge in [-0.25, -0.2) is 12.8 Å². The molecule has 3 aromatic rings. The van der Waals surface area contributed by atoms with Crippen LogP contribution in [-0.2, 0) is 10.0 Å². The number of aryl methyl sites for hydroxylation is 1. The predicted octanol–water partition coefficient (Wildman–Crippen LogP) is 4.88. The molecule has 1 unspecified atom stereocenters. The second-order valence-corrected chi connectivity index (χ2v) is 10.0. The maximum Gasteiger partial charge on any atom is 0.246 e. The van der Waals surface area contributed by atoms with Crippen molar-refractivity contribution in [3.05, 3.63) is 100 Å². The first kappa shape index (κ1) is 22.0. The molecule has 1 aliphatic rings. The van der Waals surface area contributed by atoms with Gasteiger partial charge in [0.1, 0.15) is 4.90 Å². The largest absolute Gasteiger partial charge is 0.290 e. The maximum atomic E-state index is 14.4. The van der Waals surface area contributed by atoms with Gasteiger partial charge in [0.05, 0.1) is 11.1 Å². The van der Waals surface area contributed by atoms with Crippen LogP contribution in [0.4, 0.5) is 4.39 Å². The van der Waals surface area contributed by atoms with E-state index in [1.165, 1.54) is 28.1 Å². The zero-order valence-corrected chi connectivity index (χ0v) is 18.8. The molecule has 0 radical (unpaired) electrons. The molecule has 0 spiro atoms. The summed E-state index contributed by atoms with van der Waals surface area (Å²) in [5.41, 5.74) is 3.51. The first-order chi connectivity index (χ1) is 14.9. The van der Waals surface area contributed by atoms with Crippen LogP contribution in [0.15, 0.2) is 77.7 Å². The third-order valence-electron chi connectivity index (χ3n) is 5.68.